The molecule has 0 aliphatic rings. The average Bonchev–Trinajstić information content (AvgIpc) is 2.22. The molecule has 0 unspecified atom stereocenters. The summed E-state index contributed by atoms with van der Waals surface area (Å²) >= 11 is 2.93. The molecule has 2 nitrogen and oxygen atoms in total. The first-order chi connectivity index (χ1) is 7.12. The lowest BCUT2D eigenvalue weighted by atomic mass is 10.1. The Bertz CT molecular complexity index is 281. The van der Waals surface area contributed by atoms with E-state index in [2.05, 4.69) is 22.5 Å². The van der Waals surface area contributed by atoms with E-state index in [4.69, 9.17) is 0 Å². The molecule has 0 aliphatic carbocycles. The number of allylic oxidation sites excluding steroid dienone is 2. The standard InChI is InChI=1S/C11H19BrO2S/c1-2-3-4-5-6-7-8-9-10-15(13,14)11-12/h2,9-10H,1,3-8,11H2/b10-9+. The molecule has 0 heterocycles. The van der Waals surface area contributed by atoms with Crippen LogP contribution in [-0.2, 0) is 9.84 Å². The Morgan fingerprint density at radius 3 is 2.20 bits per heavy atom. The third-order valence-corrected chi connectivity index (χ3v) is 4.81. The predicted octanol–water partition coefficient (Wildman–Crippen LogP) is 3.79. The minimum absolute atomic E-state index is 0.00976. The molecule has 0 spiro atoms. The fourth-order valence-corrected chi connectivity index (χ4v) is 2.12. The number of alkyl halides is 1. The van der Waals surface area contributed by atoms with Gasteiger partial charge in [0.25, 0.3) is 0 Å². The summed E-state index contributed by atoms with van der Waals surface area (Å²) in [5, 5.41) is 1.30. The fraction of sp³-hybridized carbons (Fsp3) is 0.636. The highest BCUT2D eigenvalue weighted by atomic mass is 79.9. The van der Waals surface area contributed by atoms with Crippen LogP contribution in [0.3, 0.4) is 0 Å². The van der Waals surface area contributed by atoms with E-state index in [1.807, 2.05) is 6.08 Å². The molecule has 0 aromatic carbocycles. The Balaban J connectivity index is 3.42. The minimum Gasteiger partial charge on any atom is -0.223 e. The second-order valence-corrected chi connectivity index (χ2v) is 6.61. The molecule has 0 bridgehead atoms. The van der Waals surface area contributed by atoms with Crippen molar-refractivity contribution in [1.29, 1.82) is 0 Å². The van der Waals surface area contributed by atoms with E-state index in [1.165, 1.54) is 18.2 Å². The lowest BCUT2D eigenvalue weighted by Gasteiger charge is -1.96. The van der Waals surface area contributed by atoms with Crippen LogP contribution in [0.4, 0.5) is 0 Å². The second kappa shape index (κ2) is 9.16. The molecular formula is C11H19BrO2S. The topological polar surface area (TPSA) is 34.1 Å². The molecule has 0 saturated carbocycles. The Morgan fingerprint density at radius 1 is 1.07 bits per heavy atom. The Kier molecular flexibility index (Phi) is 9.10. The van der Waals surface area contributed by atoms with E-state index >= 15 is 0 Å². The van der Waals surface area contributed by atoms with Crippen LogP contribution in [0.25, 0.3) is 0 Å². The first kappa shape index (κ1) is 14.9. The smallest absolute Gasteiger partial charge is 0.181 e. The summed E-state index contributed by atoms with van der Waals surface area (Å²) in [5.41, 5.74) is 0. The molecule has 0 fully saturated rings. The van der Waals surface area contributed by atoms with Crippen molar-refractivity contribution >= 4 is 25.8 Å². The molecule has 0 N–H and O–H groups in total. The maximum absolute atomic E-state index is 11.0. The van der Waals surface area contributed by atoms with Gasteiger partial charge in [-0.05, 0) is 25.7 Å². The van der Waals surface area contributed by atoms with E-state index in [0.717, 1.165) is 25.7 Å². The molecule has 15 heavy (non-hydrogen) atoms. The highest BCUT2D eigenvalue weighted by Crippen LogP contribution is 2.07. The van der Waals surface area contributed by atoms with Gasteiger partial charge in [0.2, 0.25) is 0 Å². The van der Waals surface area contributed by atoms with Gasteiger partial charge in [-0.1, -0.05) is 40.9 Å². The van der Waals surface area contributed by atoms with Crippen molar-refractivity contribution < 1.29 is 8.42 Å². The van der Waals surface area contributed by atoms with Gasteiger partial charge in [-0.3, -0.25) is 0 Å². The molecule has 88 valence electrons. The Morgan fingerprint density at radius 2 is 1.67 bits per heavy atom. The van der Waals surface area contributed by atoms with Crippen LogP contribution >= 0.6 is 15.9 Å². The van der Waals surface area contributed by atoms with Crippen LogP contribution in [0, 0.1) is 0 Å². The molecule has 0 aromatic heterocycles. The first-order valence-electron chi connectivity index (χ1n) is 5.18. The normalized spacial score (nSPS) is 12.1. The number of unbranched alkanes of at least 4 members (excludes halogenated alkanes) is 5. The van der Waals surface area contributed by atoms with Gasteiger partial charge in [0.1, 0.15) is 4.66 Å². The maximum atomic E-state index is 11.0. The van der Waals surface area contributed by atoms with Crippen LogP contribution in [-0.4, -0.2) is 13.1 Å². The van der Waals surface area contributed by atoms with E-state index < -0.39 is 9.84 Å². The molecule has 0 saturated heterocycles. The van der Waals surface area contributed by atoms with Crippen LogP contribution in [0.1, 0.15) is 38.5 Å². The summed E-state index contributed by atoms with van der Waals surface area (Å²) < 4.78 is 22.1. The number of sulfone groups is 1. The lowest BCUT2D eigenvalue weighted by Crippen LogP contribution is -1.93. The van der Waals surface area contributed by atoms with Gasteiger partial charge in [0.15, 0.2) is 9.84 Å². The molecule has 0 atom stereocenters. The highest BCUT2D eigenvalue weighted by molar-refractivity contribution is 9.10. The van der Waals surface area contributed by atoms with Crippen molar-refractivity contribution in [3.8, 4) is 0 Å². The Hall–Kier alpha value is -0.0900. The van der Waals surface area contributed by atoms with E-state index in [9.17, 15) is 8.42 Å². The SMILES string of the molecule is C=CCCCCCC/C=C/S(=O)(=O)CBr. The number of hydrogen-bond donors (Lipinski definition) is 0. The fourth-order valence-electron chi connectivity index (χ4n) is 1.16. The van der Waals surface area contributed by atoms with Crippen molar-refractivity contribution in [2.24, 2.45) is 0 Å². The van der Waals surface area contributed by atoms with Crippen LogP contribution < -0.4 is 0 Å². The first-order valence-corrected chi connectivity index (χ1v) is 8.02. The summed E-state index contributed by atoms with van der Waals surface area (Å²) in [7, 11) is -3.00. The van der Waals surface area contributed by atoms with E-state index in [0.29, 0.717) is 0 Å². The highest BCUT2D eigenvalue weighted by Gasteiger charge is 2.00. The number of rotatable bonds is 9. The predicted molar refractivity (Wildman–Crippen MR) is 69.8 cm³/mol. The summed E-state index contributed by atoms with van der Waals surface area (Å²) in [6.45, 7) is 3.66. The van der Waals surface area contributed by atoms with Crippen LogP contribution in [0.2, 0.25) is 0 Å². The van der Waals surface area contributed by atoms with Crippen molar-refractivity contribution in [2.45, 2.75) is 38.5 Å². The van der Waals surface area contributed by atoms with Gasteiger partial charge in [0.05, 0.1) is 0 Å². The molecule has 0 amide bonds. The van der Waals surface area contributed by atoms with Gasteiger partial charge in [-0.25, -0.2) is 8.42 Å². The van der Waals surface area contributed by atoms with Crippen molar-refractivity contribution in [3.05, 3.63) is 24.1 Å². The minimum atomic E-state index is -3.00. The van der Waals surface area contributed by atoms with Gasteiger partial charge in [0, 0.05) is 5.41 Å². The monoisotopic (exact) mass is 294 g/mol. The molecular weight excluding hydrogens is 276 g/mol. The van der Waals surface area contributed by atoms with Crippen molar-refractivity contribution in [3.63, 3.8) is 0 Å². The maximum Gasteiger partial charge on any atom is 0.181 e. The summed E-state index contributed by atoms with van der Waals surface area (Å²) in [6, 6.07) is 0. The molecule has 4 heteroatoms. The van der Waals surface area contributed by atoms with Crippen molar-refractivity contribution in [2.75, 3.05) is 4.66 Å². The van der Waals surface area contributed by atoms with Gasteiger partial charge in [-0.15, -0.1) is 6.58 Å². The summed E-state index contributed by atoms with van der Waals surface area (Å²) in [5.74, 6) is 0. The Labute approximate surface area is 102 Å². The van der Waals surface area contributed by atoms with Crippen LogP contribution in [0.15, 0.2) is 24.1 Å². The zero-order chi connectivity index (χ0) is 11.6. The van der Waals surface area contributed by atoms with Gasteiger partial charge < -0.3 is 0 Å². The summed E-state index contributed by atoms with van der Waals surface area (Å²) in [4.78, 5) is 0. The molecule has 0 rings (SSSR count). The molecule has 0 radical (unpaired) electrons. The van der Waals surface area contributed by atoms with Gasteiger partial charge in [-0.2, -0.15) is 0 Å². The third kappa shape index (κ3) is 10.2. The second-order valence-electron chi connectivity index (χ2n) is 3.42. The van der Waals surface area contributed by atoms with Crippen molar-refractivity contribution in [1.82, 2.24) is 0 Å². The number of hydrogen-bond acceptors (Lipinski definition) is 2. The largest absolute Gasteiger partial charge is 0.223 e. The van der Waals surface area contributed by atoms with Crippen LogP contribution in [0.5, 0.6) is 0 Å². The van der Waals surface area contributed by atoms with Gasteiger partial charge >= 0.3 is 0 Å². The van der Waals surface area contributed by atoms with E-state index in [1.54, 1.807) is 6.08 Å². The average molecular weight is 295 g/mol. The third-order valence-electron chi connectivity index (χ3n) is 1.98. The molecule has 0 aliphatic heterocycles. The lowest BCUT2D eigenvalue weighted by molar-refractivity contribution is 0.609. The quantitative estimate of drug-likeness (QED) is 0.368. The zero-order valence-electron chi connectivity index (χ0n) is 8.99. The van der Waals surface area contributed by atoms with E-state index in [-0.39, 0.29) is 4.66 Å². The summed E-state index contributed by atoms with van der Waals surface area (Å²) in [6.07, 6.45) is 10.2. The zero-order valence-corrected chi connectivity index (χ0v) is 11.4. The number of halogens is 1. The molecule has 0 aromatic rings.